The van der Waals surface area contributed by atoms with Crippen LogP contribution in [-0.4, -0.2) is 23.2 Å². The van der Waals surface area contributed by atoms with Gasteiger partial charge in [-0.05, 0) is 31.7 Å². The summed E-state index contributed by atoms with van der Waals surface area (Å²) in [5, 5.41) is 11.9. The summed E-state index contributed by atoms with van der Waals surface area (Å²) in [6.07, 6.45) is 2.97. The highest BCUT2D eigenvalue weighted by Gasteiger charge is 2.55. The molecule has 56 valence electrons. The number of fused-ring (bicyclic) bond motifs is 1. The predicted molar refractivity (Wildman–Crippen MR) is 35.7 cm³/mol. The van der Waals surface area contributed by atoms with E-state index in [1.165, 1.54) is 0 Å². The van der Waals surface area contributed by atoms with E-state index in [-0.39, 0.29) is 0 Å². The second kappa shape index (κ2) is 1.72. The number of hydrogen-bond donors (Lipinski definition) is 2. The van der Waals surface area contributed by atoms with Gasteiger partial charge in [0, 0.05) is 0 Å². The van der Waals surface area contributed by atoms with Gasteiger partial charge in [0.05, 0.1) is 0 Å². The number of carboxylic acid groups (broad SMARTS) is 1. The van der Waals surface area contributed by atoms with Gasteiger partial charge in [0.1, 0.15) is 5.54 Å². The third-order valence-corrected chi connectivity index (χ3v) is 2.90. The molecule has 3 heteroatoms. The van der Waals surface area contributed by atoms with Crippen LogP contribution in [0.4, 0.5) is 0 Å². The van der Waals surface area contributed by atoms with Crippen molar-refractivity contribution in [3.8, 4) is 0 Å². The molecular formula is C7H11NO2. The van der Waals surface area contributed by atoms with Crippen LogP contribution in [-0.2, 0) is 4.79 Å². The molecule has 0 spiro atoms. The average Bonchev–Trinajstić information content (AvgIpc) is 2.09. The van der Waals surface area contributed by atoms with E-state index in [0.717, 1.165) is 25.8 Å². The van der Waals surface area contributed by atoms with Crippen molar-refractivity contribution >= 4 is 5.97 Å². The van der Waals surface area contributed by atoms with Crippen LogP contribution < -0.4 is 5.32 Å². The first-order valence-electron chi connectivity index (χ1n) is 3.74. The SMILES string of the molecule is O=C(O)[C@@]12CC[C@@H]1CCN2. The van der Waals surface area contributed by atoms with Crippen LogP contribution in [0.3, 0.4) is 0 Å². The molecule has 10 heavy (non-hydrogen) atoms. The molecule has 0 bridgehead atoms. The summed E-state index contributed by atoms with van der Waals surface area (Å²) in [5.74, 6) is -0.230. The molecule has 1 aliphatic carbocycles. The molecule has 0 radical (unpaired) electrons. The second-order valence-electron chi connectivity index (χ2n) is 3.23. The van der Waals surface area contributed by atoms with Crippen LogP contribution in [0.1, 0.15) is 19.3 Å². The first-order chi connectivity index (χ1) is 4.76. The lowest BCUT2D eigenvalue weighted by Gasteiger charge is -2.40. The van der Waals surface area contributed by atoms with Crippen molar-refractivity contribution in [2.45, 2.75) is 24.8 Å². The molecular weight excluding hydrogens is 130 g/mol. The summed E-state index contributed by atoms with van der Waals surface area (Å²) in [4.78, 5) is 10.7. The lowest BCUT2D eigenvalue weighted by Crippen LogP contribution is -2.58. The first kappa shape index (κ1) is 6.16. The summed E-state index contributed by atoms with van der Waals surface area (Å²) in [7, 11) is 0. The van der Waals surface area contributed by atoms with Crippen molar-refractivity contribution in [1.29, 1.82) is 0 Å². The topological polar surface area (TPSA) is 49.3 Å². The number of aliphatic carboxylic acids is 1. The van der Waals surface area contributed by atoms with Crippen LogP contribution in [0.25, 0.3) is 0 Å². The Morgan fingerprint density at radius 3 is 2.70 bits per heavy atom. The quantitative estimate of drug-likeness (QED) is 0.549. The fourth-order valence-electron chi connectivity index (χ4n) is 2.09. The molecule has 0 amide bonds. The van der Waals surface area contributed by atoms with Crippen LogP contribution in [0.15, 0.2) is 0 Å². The maximum Gasteiger partial charge on any atom is 0.324 e. The van der Waals surface area contributed by atoms with E-state index >= 15 is 0 Å². The van der Waals surface area contributed by atoms with E-state index < -0.39 is 11.5 Å². The molecule has 3 nitrogen and oxygen atoms in total. The molecule has 1 saturated heterocycles. The van der Waals surface area contributed by atoms with E-state index in [4.69, 9.17) is 5.11 Å². The summed E-state index contributed by atoms with van der Waals surface area (Å²) in [6, 6.07) is 0. The lowest BCUT2D eigenvalue weighted by atomic mass is 9.68. The molecule has 0 aromatic carbocycles. The fourth-order valence-corrected chi connectivity index (χ4v) is 2.09. The summed E-state index contributed by atoms with van der Waals surface area (Å²) in [6.45, 7) is 0.886. The van der Waals surface area contributed by atoms with Gasteiger partial charge in [-0.1, -0.05) is 0 Å². The van der Waals surface area contributed by atoms with Gasteiger partial charge in [-0.25, -0.2) is 0 Å². The monoisotopic (exact) mass is 141 g/mol. The molecule has 0 aromatic rings. The molecule has 2 rings (SSSR count). The van der Waals surface area contributed by atoms with Gasteiger partial charge < -0.3 is 10.4 Å². The molecule has 2 N–H and O–H groups in total. The van der Waals surface area contributed by atoms with Crippen molar-refractivity contribution in [2.75, 3.05) is 6.54 Å². The maximum absolute atomic E-state index is 10.7. The molecule has 0 aromatic heterocycles. The van der Waals surface area contributed by atoms with Crippen LogP contribution in [0.2, 0.25) is 0 Å². The highest BCUT2D eigenvalue weighted by Crippen LogP contribution is 2.44. The van der Waals surface area contributed by atoms with Crippen molar-refractivity contribution in [1.82, 2.24) is 5.32 Å². The summed E-state index contributed by atoms with van der Waals surface area (Å²) in [5.41, 5.74) is -0.500. The van der Waals surface area contributed by atoms with Gasteiger partial charge in [-0.3, -0.25) is 4.79 Å². The Morgan fingerprint density at radius 2 is 2.40 bits per heavy atom. The third kappa shape index (κ3) is 0.515. The Hall–Kier alpha value is -0.570. The number of carboxylic acids is 1. The van der Waals surface area contributed by atoms with Crippen molar-refractivity contribution < 1.29 is 9.90 Å². The Labute approximate surface area is 59.4 Å². The smallest absolute Gasteiger partial charge is 0.324 e. The third-order valence-electron chi connectivity index (χ3n) is 2.90. The average molecular weight is 141 g/mol. The largest absolute Gasteiger partial charge is 0.480 e. The molecule has 2 fully saturated rings. The molecule has 0 unspecified atom stereocenters. The highest BCUT2D eigenvalue weighted by atomic mass is 16.4. The van der Waals surface area contributed by atoms with Crippen LogP contribution in [0, 0.1) is 5.92 Å². The predicted octanol–water partition coefficient (Wildman–Crippen LogP) is 0.213. The Bertz CT molecular complexity index is 180. The van der Waals surface area contributed by atoms with E-state index in [1.54, 1.807) is 0 Å². The Balaban J connectivity index is 2.21. The summed E-state index contributed by atoms with van der Waals surface area (Å²) < 4.78 is 0. The highest BCUT2D eigenvalue weighted by molar-refractivity contribution is 5.81. The minimum Gasteiger partial charge on any atom is -0.480 e. The Kier molecular flexibility index (Phi) is 1.06. The first-order valence-corrected chi connectivity index (χ1v) is 3.74. The minimum atomic E-state index is -0.652. The maximum atomic E-state index is 10.7. The number of hydrogen-bond acceptors (Lipinski definition) is 2. The number of nitrogens with one attached hydrogen (secondary N) is 1. The summed E-state index contributed by atoms with van der Waals surface area (Å²) >= 11 is 0. The van der Waals surface area contributed by atoms with Gasteiger partial charge >= 0.3 is 5.97 Å². The normalized spacial score (nSPS) is 44.2. The molecule has 1 saturated carbocycles. The van der Waals surface area contributed by atoms with E-state index in [9.17, 15) is 4.79 Å². The molecule has 2 aliphatic rings. The van der Waals surface area contributed by atoms with Gasteiger partial charge in [0.25, 0.3) is 0 Å². The zero-order valence-electron chi connectivity index (χ0n) is 5.76. The zero-order valence-corrected chi connectivity index (χ0v) is 5.76. The van der Waals surface area contributed by atoms with Crippen LogP contribution >= 0.6 is 0 Å². The van der Waals surface area contributed by atoms with Crippen molar-refractivity contribution in [3.63, 3.8) is 0 Å². The van der Waals surface area contributed by atoms with E-state index in [2.05, 4.69) is 5.32 Å². The number of carbonyl (C=O) groups is 1. The van der Waals surface area contributed by atoms with Gasteiger partial charge in [-0.2, -0.15) is 0 Å². The second-order valence-corrected chi connectivity index (χ2v) is 3.23. The van der Waals surface area contributed by atoms with Gasteiger partial charge in [0.15, 0.2) is 0 Å². The van der Waals surface area contributed by atoms with E-state index in [1.807, 2.05) is 0 Å². The Morgan fingerprint density at radius 1 is 1.60 bits per heavy atom. The lowest BCUT2D eigenvalue weighted by molar-refractivity contribution is -0.150. The van der Waals surface area contributed by atoms with Gasteiger partial charge in [-0.15, -0.1) is 0 Å². The standard InChI is InChI=1S/C7H11NO2/c9-6(10)7-3-1-5(7)2-4-8-7/h5,8H,1-4H2,(H,9,10)/t5-,7-/m1/s1. The van der Waals surface area contributed by atoms with Crippen molar-refractivity contribution in [3.05, 3.63) is 0 Å². The fraction of sp³-hybridized carbons (Fsp3) is 0.857. The minimum absolute atomic E-state index is 0.421. The molecule has 1 heterocycles. The van der Waals surface area contributed by atoms with E-state index in [0.29, 0.717) is 5.92 Å². The van der Waals surface area contributed by atoms with Gasteiger partial charge in [0.2, 0.25) is 0 Å². The zero-order chi connectivity index (χ0) is 7.19. The van der Waals surface area contributed by atoms with Crippen molar-refractivity contribution in [2.24, 2.45) is 5.92 Å². The van der Waals surface area contributed by atoms with Crippen LogP contribution in [0.5, 0.6) is 0 Å². The number of rotatable bonds is 1. The molecule has 2 atom stereocenters. The molecule has 1 aliphatic heterocycles.